The molecule has 2 N–H and O–H groups in total. The third kappa shape index (κ3) is 7.31. The van der Waals surface area contributed by atoms with E-state index in [2.05, 4.69) is 12.2 Å². The molecule has 22 heavy (non-hydrogen) atoms. The van der Waals surface area contributed by atoms with Gasteiger partial charge < -0.3 is 19.9 Å². The number of aliphatic hydroxyl groups is 1. The molecule has 0 unspecified atom stereocenters. The van der Waals surface area contributed by atoms with E-state index in [1.807, 2.05) is 45.0 Å². The Morgan fingerprint density at radius 1 is 1.32 bits per heavy atom. The van der Waals surface area contributed by atoms with Gasteiger partial charge in [-0.15, -0.1) is 0 Å². The number of ether oxygens (including phenoxy) is 2. The summed E-state index contributed by atoms with van der Waals surface area (Å²) in [6.07, 6.45) is 0.376. The molecule has 0 saturated heterocycles. The minimum atomic E-state index is -0.488. The van der Waals surface area contributed by atoms with Gasteiger partial charge in [-0.05, 0) is 44.7 Å². The molecule has 0 saturated carbocycles. The monoisotopic (exact) mass is 309 g/mol. The number of benzene rings is 1. The zero-order valence-corrected chi connectivity index (χ0v) is 13.9. The van der Waals surface area contributed by atoms with Crippen molar-refractivity contribution in [2.24, 2.45) is 5.92 Å². The highest BCUT2D eigenvalue weighted by Crippen LogP contribution is 2.21. The topological polar surface area (TPSA) is 67.8 Å². The van der Waals surface area contributed by atoms with Crippen LogP contribution < -0.4 is 10.1 Å². The van der Waals surface area contributed by atoms with Crippen molar-refractivity contribution in [2.45, 2.75) is 39.7 Å². The number of carbonyl (C=O) groups excluding carboxylic acids is 1. The van der Waals surface area contributed by atoms with E-state index in [-0.39, 0.29) is 19.1 Å². The molecule has 0 fully saturated rings. The lowest BCUT2D eigenvalue weighted by Gasteiger charge is -2.21. The molecule has 1 aromatic rings. The molecule has 1 amide bonds. The molecular weight excluding hydrogens is 282 g/mol. The minimum Gasteiger partial charge on any atom is -0.491 e. The van der Waals surface area contributed by atoms with Crippen LogP contribution in [0.3, 0.4) is 0 Å². The summed E-state index contributed by atoms with van der Waals surface area (Å²) < 4.78 is 10.7. The van der Waals surface area contributed by atoms with Gasteiger partial charge in [-0.25, -0.2) is 4.79 Å². The first-order chi connectivity index (χ1) is 10.3. The molecule has 0 heterocycles. The molecular formula is C17H27NO4. The number of rotatable bonds is 7. The van der Waals surface area contributed by atoms with Crippen LogP contribution in [0.2, 0.25) is 0 Å². The summed E-state index contributed by atoms with van der Waals surface area (Å²) in [6.45, 7) is 8.37. The van der Waals surface area contributed by atoms with Gasteiger partial charge in [0.15, 0.2) is 0 Å². The highest BCUT2D eigenvalue weighted by atomic mass is 16.6. The predicted octanol–water partition coefficient (Wildman–Crippen LogP) is 2.76. The van der Waals surface area contributed by atoms with Gasteiger partial charge in [0.2, 0.25) is 0 Å². The fourth-order valence-corrected chi connectivity index (χ4v) is 1.99. The fraction of sp³-hybridized carbons (Fsp3) is 0.588. The van der Waals surface area contributed by atoms with E-state index < -0.39 is 11.7 Å². The van der Waals surface area contributed by atoms with Crippen molar-refractivity contribution in [3.8, 4) is 5.75 Å². The Labute approximate surface area is 132 Å². The van der Waals surface area contributed by atoms with Crippen LogP contribution in [0.15, 0.2) is 24.3 Å². The molecule has 0 radical (unpaired) electrons. The number of hydrogen-bond donors (Lipinski definition) is 2. The van der Waals surface area contributed by atoms with Gasteiger partial charge in [0.1, 0.15) is 18.0 Å². The van der Waals surface area contributed by atoms with Crippen molar-refractivity contribution in [3.63, 3.8) is 0 Å². The second-order valence-corrected chi connectivity index (χ2v) is 6.37. The average Bonchev–Trinajstić information content (AvgIpc) is 2.42. The zero-order valence-electron chi connectivity index (χ0n) is 13.9. The number of alkyl carbamates (subject to hydrolysis) is 1. The van der Waals surface area contributed by atoms with Crippen molar-refractivity contribution in [1.29, 1.82) is 0 Å². The summed E-state index contributed by atoms with van der Waals surface area (Å²) in [4.78, 5) is 11.6. The summed E-state index contributed by atoms with van der Waals surface area (Å²) >= 11 is 0. The van der Waals surface area contributed by atoms with Crippen LogP contribution in [0.4, 0.5) is 4.79 Å². The van der Waals surface area contributed by atoms with Gasteiger partial charge >= 0.3 is 6.09 Å². The van der Waals surface area contributed by atoms with Gasteiger partial charge in [-0.2, -0.15) is 0 Å². The summed E-state index contributed by atoms with van der Waals surface area (Å²) in [6, 6.07) is 7.74. The van der Waals surface area contributed by atoms with Crippen LogP contribution in [-0.2, 0) is 11.2 Å². The van der Waals surface area contributed by atoms with Crippen molar-refractivity contribution in [3.05, 3.63) is 29.8 Å². The van der Waals surface area contributed by atoms with Crippen molar-refractivity contribution in [1.82, 2.24) is 5.32 Å². The first kappa shape index (κ1) is 18.3. The molecule has 1 rings (SSSR count). The summed E-state index contributed by atoms with van der Waals surface area (Å²) in [5.74, 6) is 1.02. The first-order valence-corrected chi connectivity index (χ1v) is 7.60. The molecule has 0 aliphatic carbocycles. The van der Waals surface area contributed by atoms with Crippen LogP contribution in [0.25, 0.3) is 0 Å². The van der Waals surface area contributed by atoms with Crippen LogP contribution in [0.1, 0.15) is 33.3 Å². The Morgan fingerprint density at radius 2 is 2.00 bits per heavy atom. The van der Waals surface area contributed by atoms with Crippen LogP contribution in [0, 0.1) is 5.92 Å². The number of carbonyl (C=O) groups is 1. The number of para-hydroxylation sites is 1. The molecule has 1 aromatic carbocycles. The number of aliphatic hydroxyl groups excluding tert-OH is 1. The maximum absolute atomic E-state index is 11.6. The van der Waals surface area contributed by atoms with Crippen LogP contribution in [-0.4, -0.2) is 36.6 Å². The molecule has 124 valence electrons. The van der Waals surface area contributed by atoms with Crippen molar-refractivity contribution < 1.29 is 19.4 Å². The van der Waals surface area contributed by atoms with E-state index in [4.69, 9.17) is 14.6 Å². The van der Waals surface area contributed by atoms with Gasteiger partial charge in [0.05, 0.1) is 6.61 Å². The van der Waals surface area contributed by atoms with Crippen molar-refractivity contribution in [2.75, 3.05) is 19.8 Å². The van der Waals surface area contributed by atoms with Crippen LogP contribution >= 0.6 is 0 Å². The normalized spacial score (nSPS) is 12.6. The van der Waals surface area contributed by atoms with Crippen LogP contribution in [0.5, 0.6) is 5.75 Å². The number of nitrogens with one attached hydrogen (secondary N) is 1. The molecule has 5 nitrogen and oxygen atoms in total. The quantitative estimate of drug-likeness (QED) is 0.812. The van der Waals surface area contributed by atoms with Gasteiger partial charge in [0, 0.05) is 6.54 Å². The average molecular weight is 309 g/mol. The predicted molar refractivity (Wildman–Crippen MR) is 86.1 cm³/mol. The Balaban J connectivity index is 2.48. The van der Waals surface area contributed by atoms with E-state index in [1.54, 1.807) is 0 Å². The summed E-state index contributed by atoms with van der Waals surface area (Å²) in [5, 5.41) is 11.6. The van der Waals surface area contributed by atoms with Gasteiger partial charge in [-0.1, -0.05) is 25.1 Å². The van der Waals surface area contributed by atoms with E-state index in [0.717, 1.165) is 17.7 Å². The first-order valence-electron chi connectivity index (χ1n) is 7.60. The number of amides is 1. The molecule has 1 atom stereocenters. The second kappa shape index (κ2) is 8.63. The highest BCUT2D eigenvalue weighted by Gasteiger charge is 2.17. The Morgan fingerprint density at radius 3 is 2.64 bits per heavy atom. The number of hydrogen-bond acceptors (Lipinski definition) is 4. The van der Waals surface area contributed by atoms with E-state index in [1.165, 1.54) is 0 Å². The molecule has 5 heteroatoms. The molecule has 0 spiro atoms. The Kier molecular flexibility index (Phi) is 7.18. The standard InChI is InChI=1S/C17H27NO4/c1-13(12-18-16(20)22-17(2,3)4)11-14-7-5-6-8-15(14)21-10-9-19/h5-8,13,19H,9-12H2,1-4H3,(H,18,20)/t13-/m0/s1. The molecule has 0 aliphatic heterocycles. The van der Waals surface area contributed by atoms with E-state index in [0.29, 0.717) is 6.54 Å². The maximum Gasteiger partial charge on any atom is 0.407 e. The molecule has 0 aromatic heterocycles. The zero-order chi connectivity index (χ0) is 16.6. The lowest BCUT2D eigenvalue weighted by Crippen LogP contribution is -2.35. The van der Waals surface area contributed by atoms with Crippen molar-refractivity contribution >= 4 is 6.09 Å². The summed E-state index contributed by atoms with van der Waals surface area (Å²) in [7, 11) is 0. The SMILES string of the molecule is C[C@H](CNC(=O)OC(C)(C)C)Cc1ccccc1OCCO. The third-order valence-electron chi connectivity index (χ3n) is 2.88. The fourth-order valence-electron chi connectivity index (χ4n) is 1.99. The van der Waals surface area contributed by atoms with Gasteiger partial charge in [-0.3, -0.25) is 0 Å². The Hall–Kier alpha value is -1.75. The lowest BCUT2D eigenvalue weighted by atomic mass is 10.0. The van der Waals surface area contributed by atoms with E-state index in [9.17, 15) is 4.79 Å². The smallest absolute Gasteiger partial charge is 0.407 e. The largest absolute Gasteiger partial charge is 0.491 e. The molecule has 0 aliphatic rings. The second-order valence-electron chi connectivity index (χ2n) is 6.37. The minimum absolute atomic E-state index is 0.00983. The Bertz CT molecular complexity index is 468. The third-order valence-corrected chi connectivity index (χ3v) is 2.88. The van der Waals surface area contributed by atoms with E-state index >= 15 is 0 Å². The molecule has 0 bridgehead atoms. The van der Waals surface area contributed by atoms with Gasteiger partial charge in [0.25, 0.3) is 0 Å². The summed E-state index contributed by atoms with van der Waals surface area (Å²) in [5.41, 5.74) is 0.576. The highest BCUT2D eigenvalue weighted by molar-refractivity contribution is 5.67. The maximum atomic E-state index is 11.6. The lowest BCUT2D eigenvalue weighted by molar-refractivity contribution is 0.0520.